The quantitative estimate of drug-likeness (QED) is 0.787. The zero-order valence-corrected chi connectivity index (χ0v) is 13.4. The number of aryl methyl sites for hydroxylation is 1. The van der Waals surface area contributed by atoms with E-state index in [9.17, 15) is 5.26 Å². The van der Waals surface area contributed by atoms with Crippen LogP contribution in [0.1, 0.15) is 36.6 Å². The van der Waals surface area contributed by atoms with Gasteiger partial charge in [-0.25, -0.2) is 0 Å². The van der Waals surface area contributed by atoms with Gasteiger partial charge in [-0.05, 0) is 39.2 Å². The van der Waals surface area contributed by atoms with Gasteiger partial charge in [-0.15, -0.1) is 5.10 Å². The second-order valence-electron chi connectivity index (χ2n) is 6.37. The number of rotatable bonds is 1. The van der Waals surface area contributed by atoms with Crippen molar-refractivity contribution in [3.63, 3.8) is 0 Å². The number of aromatic nitrogens is 2. The van der Waals surface area contributed by atoms with Crippen molar-refractivity contribution >= 4 is 5.82 Å². The fourth-order valence-corrected chi connectivity index (χ4v) is 3.38. The Morgan fingerprint density at radius 3 is 2.86 bits per heavy atom. The first kappa shape index (κ1) is 15.2. The molecule has 0 N–H and O–H groups in total. The number of hydrogen-bond acceptors (Lipinski definition) is 6. The maximum absolute atomic E-state index is 9.52. The van der Waals surface area contributed by atoms with Crippen LogP contribution in [-0.2, 0) is 9.47 Å². The van der Waals surface area contributed by atoms with Crippen LogP contribution in [-0.4, -0.2) is 48.2 Å². The lowest BCUT2D eigenvalue weighted by Gasteiger charge is -2.47. The van der Waals surface area contributed by atoms with Crippen molar-refractivity contribution < 1.29 is 9.47 Å². The Labute approximate surface area is 131 Å². The third-order valence-electron chi connectivity index (χ3n) is 4.54. The summed E-state index contributed by atoms with van der Waals surface area (Å²) < 4.78 is 11.8. The summed E-state index contributed by atoms with van der Waals surface area (Å²) in [5.74, 6) is 0.672. The van der Waals surface area contributed by atoms with E-state index >= 15 is 0 Å². The molecular weight excluding hydrogens is 280 g/mol. The largest absolute Gasteiger partial charge is 0.378 e. The first-order valence-electron chi connectivity index (χ1n) is 7.79. The van der Waals surface area contributed by atoms with E-state index in [1.807, 2.05) is 13.8 Å². The molecule has 2 aliphatic rings. The minimum atomic E-state index is -0.289. The molecule has 118 valence electrons. The summed E-state index contributed by atoms with van der Waals surface area (Å²) in [6.07, 6.45) is 2.06. The molecule has 6 nitrogen and oxygen atoms in total. The van der Waals surface area contributed by atoms with Crippen molar-refractivity contribution in [2.45, 2.75) is 45.3 Å². The lowest BCUT2D eigenvalue weighted by atomic mass is 9.93. The van der Waals surface area contributed by atoms with E-state index < -0.39 is 0 Å². The van der Waals surface area contributed by atoms with Gasteiger partial charge in [-0.3, -0.25) is 0 Å². The Balaban J connectivity index is 1.94. The number of ether oxygens (including phenoxy) is 2. The molecule has 1 aromatic heterocycles. The molecule has 2 saturated heterocycles. The topological polar surface area (TPSA) is 71.3 Å². The van der Waals surface area contributed by atoms with Gasteiger partial charge in [0.25, 0.3) is 0 Å². The van der Waals surface area contributed by atoms with Gasteiger partial charge in [0.2, 0.25) is 0 Å². The molecule has 0 radical (unpaired) electrons. The zero-order valence-electron chi connectivity index (χ0n) is 13.4. The van der Waals surface area contributed by atoms with Crippen LogP contribution in [0.25, 0.3) is 0 Å². The second kappa shape index (κ2) is 5.82. The third-order valence-corrected chi connectivity index (χ3v) is 4.54. The average molecular weight is 302 g/mol. The van der Waals surface area contributed by atoms with E-state index in [1.54, 1.807) is 0 Å². The predicted octanol–water partition coefficient (Wildman–Crippen LogP) is 1.74. The number of morpholine rings is 1. The van der Waals surface area contributed by atoms with Crippen molar-refractivity contribution in [3.05, 3.63) is 16.8 Å². The monoisotopic (exact) mass is 302 g/mol. The molecule has 0 aliphatic carbocycles. The van der Waals surface area contributed by atoms with Gasteiger partial charge in [-0.1, -0.05) is 0 Å². The Hall–Kier alpha value is -1.71. The molecular formula is C16H22N4O2. The van der Waals surface area contributed by atoms with Crippen LogP contribution in [0.15, 0.2) is 0 Å². The van der Waals surface area contributed by atoms with Crippen molar-refractivity contribution in [3.8, 4) is 6.07 Å². The van der Waals surface area contributed by atoms with Crippen LogP contribution in [0.3, 0.4) is 0 Å². The molecule has 3 heterocycles. The standard InChI is InChI=1S/C16H22N4O2/c1-11-8-20(9-16(22-11)5-4-6-21-10-16)15-14(7-17)12(2)13(3)18-19-15/h11H,4-6,8-10H2,1-3H3/t11-,16-/m0/s1. The Morgan fingerprint density at radius 1 is 1.36 bits per heavy atom. The summed E-state index contributed by atoms with van der Waals surface area (Å²) in [5, 5.41) is 18.0. The summed E-state index contributed by atoms with van der Waals surface area (Å²) >= 11 is 0. The van der Waals surface area contributed by atoms with Crippen LogP contribution < -0.4 is 4.90 Å². The molecule has 0 saturated carbocycles. The molecule has 3 rings (SSSR count). The van der Waals surface area contributed by atoms with Crippen LogP contribution in [0.5, 0.6) is 0 Å². The fraction of sp³-hybridized carbons (Fsp3) is 0.688. The van der Waals surface area contributed by atoms with Gasteiger partial charge in [0.15, 0.2) is 5.82 Å². The number of hydrogen-bond donors (Lipinski definition) is 0. The molecule has 2 fully saturated rings. The number of nitriles is 1. The molecule has 1 spiro atoms. The Morgan fingerprint density at radius 2 is 2.18 bits per heavy atom. The van der Waals surface area contributed by atoms with Gasteiger partial charge < -0.3 is 14.4 Å². The Kier molecular flexibility index (Phi) is 4.02. The smallest absolute Gasteiger partial charge is 0.169 e. The van der Waals surface area contributed by atoms with E-state index in [0.29, 0.717) is 31.1 Å². The van der Waals surface area contributed by atoms with Crippen LogP contribution in [0.4, 0.5) is 5.82 Å². The van der Waals surface area contributed by atoms with Gasteiger partial charge in [0.1, 0.15) is 17.2 Å². The first-order chi connectivity index (χ1) is 10.5. The highest BCUT2D eigenvalue weighted by Gasteiger charge is 2.42. The average Bonchev–Trinajstić information content (AvgIpc) is 2.49. The highest BCUT2D eigenvalue weighted by molar-refractivity contribution is 5.58. The van der Waals surface area contributed by atoms with Gasteiger partial charge >= 0.3 is 0 Å². The second-order valence-corrected chi connectivity index (χ2v) is 6.37. The summed E-state index contributed by atoms with van der Waals surface area (Å²) in [4.78, 5) is 2.14. The minimum Gasteiger partial charge on any atom is -0.378 e. The number of anilines is 1. The molecule has 22 heavy (non-hydrogen) atoms. The molecule has 0 aromatic carbocycles. The molecule has 0 unspecified atom stereocenters. The summed E-state index contributed by atoms with van der Waals surface area (Å²) in [7, 11) is 0. The minimum absolute atomic E-state index is 0.0744. The molecule has 0 amide bonds. The van der Waals surface area contributed by atoms with Crippen molar-refractivity contribution in [2.24, 2.45) is 0 Å². The van der Waals surface area contributed by atoms with E-state index in [4.69, 9.17) is 9.47 Å². The molecule has 6 heteroatoms. The third kappa shape index (κ3) is 2.67. The molecule has 0 bridgehead atoms. The van der Waals surface area contributed by atoms with Gasteiger partial charge in [0.05, 0.1) is 24.9 Å². The summed E-state index contributed by atoms with van der Waals surface area (Å²) in [6.45, 7) is 8.68. The maximum Gasteiger partial charge on any atom is 0.169 e. The van der Waals surface area contributed by atoms with Crippen LogP contribution in [0.2, 0.25) is 0 Å². The van der Waals surface area contributed by atoms with E-state index in [0.717, 1.165) is 30.7 Å². The van der Waals surface area contributed by atoms with E-state index in [-0.39, 0.29) is 11.7 Å². The highest BCUT2D eigenvalue weighted by Crippen LogP contribution is 2.33. The molecule has 1 aromatic rings. The fourth-order valence-electron chi connectivity index (χ4n) is 3.38. The predicted molar refractivity (Wildman–Crippen MR) is 81.8 cm³/mol. The number of nitrogens with zero attached hydrogens (tertiary/aromatic N) is 4. The van der Waals surface area contributed by atoms with Gasteiger partial charge in [0, 0.05) is 13.2 Å². The molecule has 2 atom stereocenters. The highest BCUT2D eigenvalue weighted by atomic mass is 16.6. The Bertz CT molecular complexity index is 605. The van der Waals surface area contributed by atoms with Crippen LogP contribution in [0, 0.1) is 25.2 Å². The maximum atomic E-state index is 9.52. The summed E-state index contributed by atoms with van der Waals surface area (Å²) in [6, 6.07) is 2.29. The van der Waals surface area contributed by atoms with E-state index in [2.05, 4.69) is 28.1 Å². The van der Waals surface area contributed by atoms with Gasteiger partial charge in [-0.2, -0.15) is 10.4 Å². The zero-order chi connectivity index (χ0) is 15.7. The first-order valence-corrected chi connectivity index (χ1v) is 7.79. The normalized spacial score (nSPS) is 28.6. The SMILES string of the molecule is Cc1nnc(N2C[C@H](C)O[C@@]3(CCCOC3)C2)c(C#N)c1C. The van der Waals surface area contributed by atoms with E-state index in [1.165, 1.54) is 0 Å². The van der Waals surface area contributed by atoms with Crippen molar-refractivity contribution in [1.29, 1.82) is 5.26 Å². The summed E-state index contributed by atoms with van der Waals surface area (Å²) in [5.41, 5.74) is 2.04. The molecule has 2 aliphatic heterocycles. The lowest BCUT2D eigenvalue weighted by Crippen LogP contribution is -2.59. The van der Waals surface area contributed by atoms with Crippen LogP contribution >= 0.6 is 0 Å². The lowest BCUT2D eigenvalue weighted by molar-refractivity contribution is -0.160. The van der Waals surface area contributed by atoms with Crippen molar-refractivity contribution in [2.75, 3.05) is 31.2 Å². The van der Waals surface area contributed by atoms with Crippen molar-refractivity contribution in [1.82, 2.24) is 10.2 Å².